The number of hydrogen-bond acceptors (Lipinski definition) is 1. The van der Waals surface area contributed by atoms with Crippen molar-refractivity contribution >= 4 is 0 Å². The van der Waals surface area contributed by atoms with Crippen molar-refractivity contribution in [2.75, 3.05) is 34.2 Å². The minimum atomic E-state index is 0.867. The van der Waals surface area contributed by atoms with Crippen molar-refractivity contribution in [1.82, 2.24) is 0 Å². The maximum absolute atomic E-state index is 5.47. The Hall–Kier alpha value is -0.0800. The van der Waals surface area contributed by atoms with Crippen LogP contribution < -0.4 is 5.73 Å². The molecule has 2 heteroatoms. The van der Waals surface area contributed by atoms with Crippen LogP contribution in [0.3, 0.4) is 0 Å². The molecule has 0 saturated heterocycles. The molecule has 0 spiro atoms. The second-order valence-electron chi connectivity index (χ2n) is 6.34. The van der Waals surface area contributed by atoms with Gasteiger partial charge in [0.15, 0.2) is 0 Å². The van der Waals surface area contributed by atoms with Gasteiger partial charge in [-0.2, -0.15) is 0 Å². The SMILES string of the molecule is C[N+](C)(C)CCCCCCCCCCCCN. The van der Waals surface area contributed by atoms with Crippen molar-refractivity contribution in [2.45, 2.75) is 64.2 Å². The highest BCUT2D eigenvalue weighted by Crippen LogP contribution is 2.10. The zero-order valence-corrected chi connectivity index (χ0v) is 12.5. The third-order valence-corrected chi connectivity index (χ3v) is 3.28. The van der Waals surface area contributed by atoms with E-state index in [1.807, 2.05) is 0 Å². The Balaban J connectivity index is 2.99. The first kappa shape index (κ1) is 16.9. The molecule has 0 aliphatic rings. The van der Waals surface area contributed by atoms with Gasteiger partial charge in [-0.1, -0.05) is 44.9 Å². The second-order valence-corrected chi connectivity index (χ2v) is 6.34. The van der Waals surface area contributed by atoms with Crippen LogP contribution in [-0.2, 0) is 0 Å². The van der Waals surface area contributed by atoms with Crippen LogP contribution in [0.2, 0.25) is 0 Å². The third kappa shape index (κ3) is 15.9. The van der Waals surface area contributed by atoms with Gasteiger partial charge in [0.25, 0.3) is 0 Å². The molecule has 2 N–H and O–H groups in total. The molecule has 0 aliphatic heterocycles. The average Bonchev–Trinajstić information content (AvgIpc) is 2.24. The van der Waals surface area contributed by atoms with Crippen LogP contribution in [-0.4, -0.2) is 38.7 Å². The van der Waals surface area contributed by atoms with Crippen LogP contribution in [0.25, 0.3) is 0 Å². The zero-order valence-electron chi connectivity index (χ0n) is 12.5. The number of unbranched alkanes of at least 4 members (excludes halogenated alkanes) is 9. The molecule has 0 saturated carbocycles. The van der Waals surface area contributed by atoms with Gasteiger partial charge in [-0.15, -0.1) is 0 Å². The van der Waals surface area contributed by atoms with Gasteiger partial charge in [0, 0.05) is 0 Å². The lowest BCUT2D eigenvalue weighted by molar-refractivity contribution is -0.870. The highest BCUT2D eigenvalue weighted by Gasteiger charge is 2.04. The summed E-state index contributed by atoms with van der Waals surface area (Å²) in [6, 6.07) is 0. The molecule has 17 heavy (non-hydrogen) atoms. The molecule has 0 aromatic rings. The highest BCUT2D eigenvalue weighted by atomic mass is 15.3. The molecule has 0 heterocycles. The number of nitrogens with zero attached hydrogens (tertiary/aromatic N) is 1. The Morgan fingerprint density at radius 2 is 0.941 bits per heavy atom. The predicted molar refractivity (Wildman–Crippen MR) is 78.1 cm³/mol. The summed E-state index contributed by atoms with van der Waals surface area (Å²) >= 11 is 0. The van der Waals surface area contributed by atoms with Crippen LogP contribution in [0.4, 0.5) is 0 Å². The van der Waals surface area contributed by atoms with Gasteiger partial charge in [-0.05, 0) is 25.8 Å². The quantitative estimate of drug-likeness (QED) is 0.412. The third-order valence-electron chi connectivity index (χ3n) is 3.28. The molecule has 0 bridgehead atoms. The van der Waals surface area contributed by atoms with E-state index in [9.17, 15) is 0 Å². The molecule has 0 rings (SSSR count). The Morgan fingerprint density at radius 3 is 1.29 bits per heavy atom. The minimum absolute atomic E-state index is 0.867. The van der Waals surface area contributed by atoms with Crippen molar-refractivity contribution in [1.29, 1.82) is 0 Å². The van der Waals surface area contributed by atoms with E-state index < -0.39 is 0 Å². The minimum Gasteiger partial charge on any atom is -0.331 e. The van der Waals surface area contributed by atoms with Crippen molar-refractivity contribution in [3.63, 3.8) is 0 Å². The van der Waals surface area contributed by atoms with E-state index in [-0.39, 0.29) is 0 Å². The molecule has 0 fully saturated rings. The Labute approximate surface area is 109 Å². The lowest BCUT2D eigenvalue weighted by Gasteiger charge is -2.23. The summed E-state index contributed by atoms with van der Waals surface area (Å²) in [7, 11) is 6.84. The van der Waals surface area contributed by atoms with E-state index in [1.54, 1.807) is 0 Å². The van der Waals surface area contributed by atoms with E-state index in [2.05, 4.69) is 21.1 Å². The van der Waals surface area contributed by atoms with Crippen LogP contribution >= 0.6 is 0 Å². The smallest absolute Gasteiger partial charge is 0.0780 e. The van der Waals surface area contributed by atoms with E-state index >= 15 is 0 Å². The normalized spacial score (nSPS) is 12.0. The molecular formula is C15H35N2+. The lowest BCUT2D eigenvalue weighted by Crippen LogP contribution is -2.35. The largest absolute Gasteiger partial charge is 0.331 e. The second kappa shape index (κ2) is 11.0. The van der Waals surface area contributed by atoms with Gasteiger partial charge in [0.05, 0.1) is 27.7 Å². The van der Waals surface area contributed by atoms with Crippen molar-refractivity contribution in [3.05, 3.63) is 0 Å². The number of nitrogens with two attached hydrogens (primary N) is 1. The molecule has 0 unspecified atom stereocenters. The standard InChI is InChI=1S/C15H35N2/c1-17(2,3)15-13-11-9-7-5-4-6-8-10-12-14-16/h4-16H2,1-3H3/q+1. The van der Waals surface area contributed by atoms with Crippen molar-refractivity contribution in [3.8, 4) is 0 Å². The molecule has 0 amide bonds. The summed E-state index contributed by atoms with van der Waals surface area (Å²) in [6.45, 7) is 2.19. The van der Waals surface area contributed by atoms with Crippen LogP contribution in [0.5, 0.6) is 0 Å². The van der Waals surface area contributed by atoms with Crippen molar-refractivity contribution < 1.29 is 4.48 Å². The topological polar surface area (TPSA) is 26.0 Å². The predicted octanol–water partition coefficient (Wildman–Crippen LogP) is 3.55. The molecule has 2 nitrogen and oxygen atoms in total. The Bertz CT molecular complexity index is 149. The fraction of sp³-hybridized carbons (Fsp3) is 1.00. The van der Waals surface area contributed by atoms with Gasteiger partial charge in [0.1, 0.15) is 0 Å². The fourth-order valence-corrected chi connectivity index (χ4v) is 2.14. The molecular weight excluding hydrogens is 208 g/mol. The van der Waals surface area contributed by atoms with E-state index in [0.717, 1.165) is 11.0 Å². The Kier molecular flexibility index (Phi) is 11.0. The van der Waals surface area contributed by atoms with Crippen LogP contribution in [0, 0.1) is 0 Å². The van der Waals surface area contributed by atoms with Gasteiger partial charge in [-0.25, -0.2) is 0 Å². The first-order valence-electron chi connectivity index (χ1n) is 7.57. The van der Waals surface area contributed by atoms with Gasteiger partial charge >= 0.3 is 0 Å². The zero-order chi connectivity index (χ0) is 13.0. The maximum Gasteiger partial charge on any atom is 0.0780 e. The van der Waals surface area contributed by atoms with Crippen molar-refractivity contribution in [2.24, 2.45) is 5.73 Å². The maximum atomic E-state index is 5.47. The van der Waals surface area contributed by atoms with Gasteiger partial charge < -0.3 is 10.2 Å². The summed E-state index contributed by atoms with van der Waals surface area (Å²) in [4.78, 5) is 0. The fourth-order valence-electron chi connectivity index (χ4n) is 2.14. The van der Waals surface area contributed by atoms with E-state index in [1.165, 1.54) is 70.8 Å². The van der Waals surface area contributed by atoms with Crippen LogP contribution in [0.15, 0.2) is 0 Å². The molecule has 104 valence electrons. The first-order valence-corrected chi connectivity index (χ1v) is 7.57. The summed E-state index contributed by atoms with van der Waals surface area (Å²) in [5.41, 5.74) is 5.47. The molecule has 0 atom stereocenters. The molecule has 0 aromatic heterocycles. The monoisotopic (exact) mass is 243 g/mol. The van der Waals surface area contributed by atoms with E-state index in [0.29, 0.717) is 0 Å². The average molecular weight is 243 g/mol. The Morgan fingerprint density at radius 1 is 0.588 bits per heavy atom. The van der Waals surface area contributed by atoms with Crippen LogP contribution in [0.1, 0.15) is 64.2 Å². The van der Waals surface area contributed by atoms with E-state index in [4.69, 9.17) is 5.73 Å². The highest BCUT2D eigenvalue weighted by molar-refractivity contribution is 4.48. The molecule has 0 aromatic carbocycles. The summed E-state index contributed by atoms with van der Waals surface area (Å²) in [5.74, 6) is 0. The van der Waals surface area contributed by atoms with Gasteiger partial charge in [-0.3, -0.25) is 0 Å². The lowest BCUT2D eigenvalue weighted by atomic mass is 10.1. The number of hydrogen-bond donors (Lipinski definition) is 1. The first-order chi connectivity index (χ1) is 8.06. The number of quaternary nitrogens is 1. The summed E-state index contributed by atoms with van der Waals surface area (Å²) in [5, 5.41) is 0. The molecule has 0 aliphatic carbocycles. The number of rotatable bonds is 12. The summed E-state index contributed by atoms with van der Waals surface area (Å²) < 4.78 is 1.11. The van der Waals surface area contributed by atoms with Gasteiger partial charge in [0.2, 0.25) is 0 Å². The molecule has 0 radical (unpaired) electrons. The summed E-state index contributed by atoms with van der Waals surface area (Å²) in [6.07, 6.45) is 13.9.